The first kappa shape index (κ1) is 11.8. The Balaban J connectivity index is 1.98. The minimum atomic E-state index is 0.724. The molecule has 1 rings (SSSR count). The first-order valence-electron chi connectivity index (χ1n) is 5.41. The number of ether oxygens (including phenoxy) is 1. The zero-order valence-corrected chi connectivity index (χ0v) is 9.28. The molecule has 0 saturated heterocycles. The average molecular weight is 205 g/mol. The van der Waals surface area contributed by atoms with E-state index in [-0.39, 0.29) is 0 Å². The summed E-state index contributed by atoms with van der Waals surface area (Å²) in [5.41, 5.74) is 1.17. The Morgan fingerprint density at radius 2 is 2.07 bits per heavy atom. The van der Waals surface area contributed by atoms with E-state index in [0.717, 1.165) is 26.2 Å². The van der Waals surface area contributed by atoms with E-state index >= 15 is 0 Å². The van der Waals surface area contributed by atoms with E-state index in [9.17, 15) is 0 Å². The van der Waals surface area contributed by atoms with Crippen molar-refractivity contribution in [2.45, 2.75) is 13.3 Å². The monoisotopic (exact) mass is 205 g/mol. The van der Waals surface area contributed by atoms with Crippen molar-refractivity contribution in [3.63, 3.8) is 0 Å². The molecule has 2 heteroatoms. The molecule has 0 bridgehead atoms. The molecule has 0 spiro atoms. The van der Waals surface area contributed by atoms with Gasteiger partial charge >= 0.3 is 0 Å². The molecule has 1 aromatic carbocycles. The molecular weight excluding hydrogens is 186 g/mol. The van der Waals surface area contributed by atoms with Gasteiger partial charge in [-0.1, -0.05) is 30.4 Å². The molecule has 0 unspecified atom stereocenters. The number of nitrogens with one attached hydrogen (secondary N) is 1. The molecule has 0 amide bonds. The minimum absolute atomic E-state index is 0.724. The summed E-state index contributed by atoms with van der Waals surface area (Å²) < 4.78 is 5.39. The Labute approximate surface area is 92.0 Å². The van der Waals surface area contributed by atoms with E-state index in [1.807, 2.05) is 37.3 Å². The molecule has 0 aliphatic heterocycles. The van der Waals surface area contributed by atoms with Crippen molar-refractivity contribution in [2.75, 3.05) is 25.1 Å². The van der Waals surface area contributed by atoms with Crippen molar-refractivity contribution < 1.29 is 4.74 Å². The van der Waals surface area contributed by atoms with Gasteiger partial charge in [0.1, 0.15) is 0 Å². The lowest BCUT2D eigenvalue weighted by Crippen LogP contribution is -2.05. The number of hydrogen-bond donors (Lipinski definition) is 1. The first-order valence-corrected chi connectivity index (χ1v) is 5.41. The maximum Gasteiger partial charge on any atom is 0.0647 e. The summed E-state index contributed by atoms with van der Waals surface area (Å²) in [6, 6.07) is 10.2. The predicted octanol–water partition coefficient (Wildman–Crippen LogP) is 3.08. The summed E-state index contributed by atoms with van der Waals surface area (Å²) in [7, 11) is 0. The number of benzene rings is 1. The molecule has 82 valence electrons. The molecule has 0 fully saturated rings. The Morgan fingerprint density at radius 1 is 1.27 bits per heavy atom. The summed E-state index contributed by atoms with van der Waals surface area (Å²) in [5, 5.41) is 3.34. The van der Waals surface area contributed by atoms with E-state index < -0.39 is 0 Å². The maximum absolute atomic E-state index is 5.39. The SMILES string of the molecule is CC=CCOCCCNc1ccccc1. The molecule has 0 aliphatic rings. The zero-order valence-electron chi connectivity index (χ0n) is 9.28. The Morgan fingerprint density at radius 3 is 2.80 bits per heavy atom. The highest BCUT2D eigenvalue weighted by atomic mass is 16.5. The van der Waals surface area contributed by atoms with Crippen LogP contribution in [-0.4, -0.2) is 19.8 Å². The molecular formula is C13H19NO. The van der Waals surface area contributed by atoms with Gasteiger partial charge < -0.3 is 10.1 Å². The Hall–Kier alpha value is -1.28. The maximum atomic E-state index is 5.39. The van der Waals surface area contributed by atoms with Gasteiger partial charge in [-0.25, -0.2) is 0 Å². The van der Waals surface area contributed by atoms with E-state index in [2.05, 4.69) is 17.4 Å². The van der Waals surface area contributed by atoms with Crippen LogP contribution in [0.1, 0.15) is 13.3 Å². The van der Waals surface area contributed by atoms with Crippen molar-refractivity contribution in [1.82, 2.24) is 0 Å². The van der Waals surface area contributed by atoms with Crippen LogP contribution in [0, 0.1) is 0 Å². The summed E-state index contributed by atoms with van der Waals surface area (Å²) in [6.45, 7) is 4.49. The van der Waals surface area contributed by atoms with E-state index in [0.29, 0.717) is 0 Å². The van der Waals surface area contributed by atoms with Crippen LogP contribution >= 0.6 is 0 Å². The average Bonchev–Trinajstić information content (AvgIpc) is 2.29. The van der Waals surface area contributed by atoms with Crippen molar-refractivity contribution >= 4 is 5.69 Å². The smallest absolute Gasteiger partial charge is 0.0647 e. The molecule has 0 radical (unpaired) electrons. The summed E-state index contributed by atoms with van der Waals surface area (Å²) in [5.74, 6) is 0. The Bertz CT molecular complexity index is 269. The highest BCUT2D eigenvalue weighted by Crippen LogP contribution is 2.04. The van der Waals surface area contributed by atoms with Crippen molar-refractivity contribution in [3.05, 3.63) is 42.5 Å². The molecule has 0 saturated carbocycles. The molecule has 2 nitrogen and oxygen atoms in total. The fraction of sp³-hybridized carbons (Fsp3) is 0.385. The minimum Gasteiger partial charge on any atom is -0.385 e. The predicted molar refractivity (Wildman–Crippen MR) is 65.2 cm³/mol. The highest BCUT2D eigenvalue weighted by molar-refractivity contribution is 5.42. The Kier molecular flexibility index (Phi) is 6.34. The van der Waals surface area contributed by atoms with Crippen LogP contribution in [-0.2, 0) is 4.74 Å². The number of anilines is 1. The third-order valence-electron chi connectivity index (χ3n) is 2.02. The van der Waals surface area contributed by atoms with Crippen molar-refractivity contribution in [2.24, 2.45) is 0 Å². The van der Waals surface area contributed by atoms with Gasteiger partial charge in [0, 0.05) is 18.8 Å². The quantitative estimate of drug-likeness (QED) is 0.545. The molecule has 0 aromatic heterocycles. The fourth-order valence-corrected chi connectivity index (χ4v) is 1.21. The number of hydrogen-bond acceptors (Lipinski definition) is 2. The third kappa shape index (κ3) is 5.92. The first-order chi connectivity index (χ1) is 7.43. The van der Waals surface area contributed by atoms with E-state index in [4.69, 9.17) is 4.74 Å². The molecule has 0 aliphatic carbocycles. The fourth-order valence-electron chi connectivity index (χ4n) is 1.21. The van der Waals surface area contributed by atoms with Gasteiger partial charge in [-0.3, -0.25) is 0 Å². The molecule has 1 aromatic rings. The van der Waals surface area contributed by atoms with Crippen LogP contribution in [0.25, 0.3) is 0 Å². The van der Waals surface area contributed by atoms with Crippen molar-refractivity contribution in [1.29, 1.82) is 0 Å². The number of allylic oxidation sites excluding steroid dienone is 1. The lowest BCUT2D eigenvalue weighted by atomic mass is 10.3. The van der Waals surface area contributed by atoms with Gasteiger partial charge in [0.2, 0.25) is 0 Å². The second kappa shape index (κ2) is 8.06. The highest BCUT2D eigenvalue weighted by Gasteiger charge is 1.89. The molecule has 1 N–H and O–H groups in total. The van der Waals surface area contributed by atoms with Crippen LogP contribution in [0.4, 0.5) is 5.69 Å². The summed E-state index contributed by atoms with van der Waals surface area (Å²) in [4.78, 5) is 0. The topological polar surface area (TPSA) is 21.3 Å². The summed E-state index contributed by atoms with van der Waals surface area (Å²) in [6.07, 6.45) is 5.05. The number of rotatable bonds is 7. The molecule has 15 heavy (non-hydrogen) atoms. The van der Waals surface area contributed by atoms with Gasteiger partial charge in [0.05, 0.1) is 6.61 Å². The number of para-hydroxylation sites is 1. The lowest BCUT2D eigenvalue weighted by molar-refractivity contribution is 0.162. The van der Waals surface area contributed by atoms with Crippen LogP contribution in [0.2, 0.25) is 0 Å². The standard InChI is InChI=1S/C13H19NO/c1-2-3-11-15-12-7-10-14-13-8-5-4-6-9-13/h2-6,8-9,14H,7,10-12H2,1H3. The zero-order chi connectivity index (χ0) is 10.8. The van der Waals surface area contributed by atoms with Crippen molar-refractivity contribution in [3.8, 4) is 0 Å². The van der Waals surface area contributed by atoms with Gasteiger partial charge in [-0.05, 0) is 25.5 Å². The van der Waals surface area contributed by atoms with Gasteiger partial charge in [-0.2, -0.15) is 0 Å². The molecule has 0 heterocycles. The second-order valence-electron chi connectivity index (χ2n) is 3.29. The molecule has 0 atom stereocenters. The van der Waals surface area contributed by atoms with Gasteiger partial charge in [0.15, 0.2) is 0 Å². The van der Waals surface area contributed by atoms with E-state index in [1.165, 1.54) is 5.69 Å². The van der Waals surface area contributed by atoms with E-state index in [1.54, 1.807) is 0 Å². The van der Waals surface area contributed by atoms with Crippen LogP contribution in [0.3, 0.4) is 0 Å². The largest absolute Gasteiger partial charge is 0.385 e. The van der Waals surface area contributed by atoms with Gasteiger partial charge in [0.25, 0.3) is 0 Å². The van der Waals surface area contributed by atoms with Gasteiger partial charge in [-0.15, -0.1) is 0 Å². The third-order valence-corrected chi connectivity index (χ3v) is 2.02. The lowest BCUT2D eigenvalue weighted by Gasteiger charge is -2.05. The van der Waals surface area contributed by atoms with Crippen LogP contribution < -0.4 is 5.32 Å². The normalized spacial score (nSPS) is 10.7. The second-order valence-corrected chi connectivity index (χ2v) is 3.29. The van der Waals surface area contributed by atoms with Crippen LogP contribution in [0.5, 0.6) is 0 Å². The van der Waals surface area contributed by atoms with Crippen LogP contribution in [0.15, 0.2) is 42.5 Å². The summed E-state index contributed by atoms with van der Waals surface area (Å²) >= 11 is 0.